The van der Waals surface area contributed by atoms with Crippen LogP contribution in [0.1, 0.15) is 12.0 Å². The Morgan fingerprint density at radius 2 is 2.10 bits per heavy atom. The Balaban J connectivity index is 0.00000220. The minimum absolute atomic E-state index is 0. The van der Waals surface area contributed by atoms with Crippen LogP contribution < -0.4 is 5.32 Å². The van der Waals surface area contributed by atoms with E-state index in [1.807, 2.05) is 7.05 Å². The Bertz CT molecular complexity index is 466. The topological polar surface area (TPSA) is 35.6 Å². The van der Waals surface area contributed by atoms with Crippen LogP contribution in [0, 0.1) is 5.82 Å². The lowest BCUT2D eigenvalue weighted by Crippen LogP contribution is -2.42. The summed E-state index contributed by atoms with van der Waals surface area (Å²) in [4.78, 5) is 15.8. The summed E-state index contributed by atoms with van der Waals surface area (Å²) >= 11 is 0. The Kier molecular flexibility index (Phi) is 7.08. The van der Waals surface area contributed by atoms with E-state index in [4.69, 9.17) is 0 Å². The fraction of sp³-hybridized carbons (Fsp3) is 0.533. The van der Waals surface area contributed by atoms with Crippen LogP contribution in [0.3, 0.4) is 0 Å². The number of likely N-dealkylation sites (N-methyl/N-ethyl adjacent to an activating group) is 2. The summed E-state index contributed by atoms with van der Waals surface area (Å²) in [6, 6.07) is 6.99. The number of hydrogen-bond acceptors (Lipinski definition) is 3. The molecule has 1 unspecified atom stereocenters. The van der Waals surface area contributed by atoms with E-state index in [9.17, 15) is 9.18 Å². The SMILES string of the molecule is CN(Cc1ccccc1F)C(=O)CN(C)C1CCNC1.Cl. The van der Waals surface area contributed by atoms with Gasteiger partial charge in [-0.2, -0.15) is 0 Å². The zero-order valence-electron chi connectivity index (χ0n) is 12.5. The van der Waals surface area contributed by atoms with Crippen LogP contribution in [0.5, 0.6) is 0 Å². The van der Waals surface area contributed by atoms with Gasteiger partial charge in [0.05, 0.1) is 6.54 Å². The van der Waals surface area contributed by atoms with Crippen LogP contribution in [0.2, 0.25) is 0 Å². The molecular weight excluding hydrogens is 293 g/mol. The van der Waals surface area contributed by atoms with Gasteiger partial charge in [0.2, 0.25) is 5.91 Å². The van der Waals surface area contributed by atoms with Gasteiger partial charge >= 0.3 is 0 Å². The fourth-order valence-corrected chi connectivity index (χ4v) is 2.45. The largest absolute Gasteiger partial charge is 0.340 e. The van der Waals surface area contributed by atoms with Crippen molar-refractivity contribution in [3.05, 3.63) is 35.6 Å². The molecule has 1 amide bonds. The average Bonchev–Trinajstić information content (AvgIpc) is 2.95. The number of benzene rings is 1. The van der Waals surface area contributed by atoms with E-state index < -0.39 is 0 Å². The maximum absolute atomic E-state index is 13.6. The first-order chi connectivity index (χ1) is 9.58. The highest BCUT2D eigenvalue weighted by Crippen LogP contribution is 2.10. The van der Waals surface area contributed by atoms with Crippen molar-refractivity contribution in [1.29, 1.82) is 0 Å². The standard InChI is InChI=1S/C15H22FN3O.ClH/c1-18(13-7-8-17-9-13)11-15(20)19(2)10-12-5-3-4-6-14(12)16;/h3-6,13,17H,7-11H2,1-2H3;1H. The predicted octanol–water partition coefficient (Wildman–Crippen LogP) is 1.50. The molecule has 1 atom stereocenters. The smallest absolute Gasteiger partial charge is 0.236 e. The number of halogens is 2. The summed E-state index contributed by atoms with van der Waals surface area (Å²) in [5.74, 6) is -0.247. The quantitative estimate of drug-likeness (QED) is 0.894. The zero-order chi connectivity index (χ0) is 14.5. The summed E-state index contributed by atoms with van der Waals surface area (Å²) in [7, 11) is 3.68. The molecule has 118 valence electrons. The lowest BCUT2D eigenvalue weighted by molar-refractivity contribution is -0.131. The molecule has 21 heavy (non-hydrogen) atoms. The zero-order valence-corrected chi connectivity index (χ0v) is 13.3. The minimum atomic E-state index is -0.263. The van der Waals surface area contributed by atoms with Gasteiger partial charge in [-0.25, -0.2) is 4.39 Å². The summed E-state index contributed by atoms with van der Waals surface area (Å²) < 4.78 is 13.6. The molecule has 0 aromatic heterocycles. The van der Waals surface area contributed by atoms with Crippen LogP contribution >= 0.6 is 12.4 Å². The number of hydrogen-bond donors (Lipinski definition) is 1. The van der Waals surface area contributed by atoms with Gasteiger partial charge in [-0.15, -0.1) is 12.4 Å². The number of carbonyl (C=O) groups excluding carboxylic acids is 1. The molecule has 0 bridgehead atoms. The molecule has 0 spiro atoms. The van der Waals surface area contributed by atoms with Gasteiger partial charge in [-0.3, -0.25) is 9.69 Å². The molecule has 0 aliphatic carbocycles. The first-order valence-electron chi connectivity index (χ1n) is 6.96. The number of nitrogens with one attached hydrogen (secondary N) is 1. The third-order valence-electron chi connectivity index (χ3n) is 3.83. The van der Waals surface area contributed by atoms with E-state index in [-0.39, 0.29) is 24.1 Å². The van der Waals surface area contributed by atoms with Gasteiger partial charge in [0.15, 0.2) is 0 Å². The molecule has 0 radical (unpaired) electrons. The van der Waals surface area contributed by atoms with Crippen LogP contribution in [0.15, 0.2) is 24.3 Å². The molecule has 4 nitrogen and oxygen atoms in total. The molecule has 1 aliphatic rings. The molecule has 0 saturated carbocycles. The number of amides is 1. The van der Waals surface area contributed by atoms with Gasteiger partial charge < -0.3 is 10.2 Å². The summed E-state index contributed by atoms with van der Waals surface area (Å²) in [5, 5.41) is 3.29. The highest BCUT2D eigenvalue weighted by atomic mass is 35.5. The molecule has 1 saturated heterocycles. The van der Waals surface area contributed by atoms with Gasteiger partial charge in [0, 0.05) is 31.7 Å². The van der Waals surface area contributed by atoms with Crippen molar-refractivity contribution in [2.75, 3.05) is 33.7 Å². The van der Waals surface area contributed by atoms with Gasteiger partial charge in [-0.05, 0) is 26.1 Å². The highest BCUT2D eigenvalue weighted by Gasteiger charge is 2.22. The van der Waals surface area contributed by atoms with Crippen molar-refractivity contribution in [1.82, 2.24) is 15.1 Å². The maximum atomic E-state index is 13.6. The summed E-state index contributed by atoms with van der Waals surface area (Å²) in [5.41, 5.74) is 0.550. The van der Waals surface area contributed by atoms with Gasteiger partial charge in [0.1, 0.15) is 5.82 Å². The molecular formula is C15H23ClFN3O. The van der Waals surface area contributed by atoms with Gasteiger partial charge in [0.25, 0.3) is 0 Å². The van der Waals surface area contributed by atoms with Crippen molar-refractivity contribution in [2.45, 2.75) is 19.0 Å². The Morgan fingerprint density at radius 1 is 1.38 bits per heavy atom. The van der Waals surface area contributed by atoms with Crippen LogP contribution in [0.25, 0.3) is 0 Å². The van der Waals surface area contributed by atoms with Crippen LogP contribution in [0.4, 0.5) is 4.39 Å². The molecule has 2 rings (SSSR count). The second-order valence-corrected chi connectivity index (χ2v) is 5.40. The number of rotatable bonds is 5. The highest BCUT2D eigenvalue weighted by molar-refractivity contribution is 5.85. The Hall–Kier alpha value is -1.17. The van der Waals surface area contributed by atoms with E-state index in [2.05, 4.69) is 10.2 Å². The summed E-state index contributed by atoms with van der Waals surface area (Å²) in [6.07, 6.45) is 1.07. The van der Waals surface area contributed by atoms with E-state index >= 15 is 0 Å². The molecule has 6 heteroatoms. The molecule has 1 N–H and O–H groups in total. The van der Waals surface area contributed by atoms with E-state index in [0.29, 0.717) is 24.7 Å². The van der Waals surface area contributed by atoms with Crippen molar-refractivity contribution in [3.63, 3.8) is 0 Å². The van der Waals surface area contributed by atoms with Crippen molar-refractivity contribution >= 4 is 18.3 Å². The van der Waals surface area contributed by atoms with Crippen molar-refractivity contribution in [2.24, 2.45) is 0 Å². The molecule has 1 aromatic rings. The lowest BCUT2D eigenvalue weighted by atomic mass is 10.2. The summed E-state index contributed by atoms with van der Waals surface area (Å²) in [6.45, 7) is 2.62. The second kappa shape index (κ2) is 8.32. The first kappa shape index (κ1) is 17.9. The lowest BCUT2D eigenvalue weighted by Gasteiger charge is -2.26. The Morgan fingerprint density at radius 3 is 2.71 bits per heavy atom. The van der Waals surface area contributed by atoms with Crippen LogP contribution in [-0.2, 0) is 11.3 Å². The van der Waals surface area contributed by atoms with E-state index in [1.54, 1.807) is 30.1 Å². The normalized spacial score (nSPS) is 17.6. The maximum Gasteiger partial charge on any atom is 0.236 e. The third-order valence-corrected chi connectivity index (χ3v) is 3.83. The number of carbonyl (C=O) groups is 1. The predicted molar refractivity (Wildman–Crippen MR) is 84.0 cm³/mol. The second-order valence-electron chi connectivity index (χ2n) is 5.40. The van der Waals surface area contributed by atoms with Gasteiger partial charge in [-0.1, -0.05) is 18.2 Å². The molecule has 1 heterocycles. The monoisotopic (exact) mass is 315 g/mol. The fourth-order valence-electron chi connectivity index (χ4n) is 2.45. The third kappa shape index (κ3) is 4.95. The van der Waals surface area contributed by atoms with Crippen molar-refractivity contribution in [3.8, 4) is 0 Å². The van der Waals surface area contributed by atoms with Crippen molar-refractivity contribution < 1.29 is 9.18 Å². The van der Waals surface area contributed by atoms with Crippen LogP contribution in [-0.4, -0.2) is 55.5 Å². The number of nitrogens with zero attached hydrogens (tertiary/aromatic N) is 2. The minimum Gasteiger partial charge on any atom is -0.340 e. The van der Waals surface area contributed by atoms with E-state index in [1.165, 1.54) is 6.07 Å². The van der Waals surface area contributed by atoms with E-state index in [0.717, 1.165) is 19.5 Å². The molecule has 1 aliphatic heterocycles. The Labute approximate surface area is 131 Å². The average molecular weight is 316 g/mol. The molecule has 1 fully saturated rings. The first-order valence-corrected chi connectivity index (χ1v) is 6.96. The molecule has 1 aromatic carbocycles.